The normalized spacial score (nSPS) is 11.3. The van der Waals surface area contributed by atoms with Crippen molar-refractivity contribution in [1.82, 2.24) is 5.32 Å². The molecule has 2 rings (SSSR count). The van der Waals surface area contributed by atoms with Crippen molar-refractivity contribution in [3.8, 4) is 0 Å². The zero-order valence-corrected chi connectivity index (χ0v) is 12.7. The van der Waals surface area contributed by atoms with E-state index in [2.05, 4.69) is 43.4 Å². The van der Waals surface area contributed by atoms with Crippen molar-refractivity contribution in [2.75, 3.05) is 13.2 Å². The lowest BCUT2D eigenvalue weighted by Gasteiger charge is -2.06. The third kappa shape index (κ3) is 3.78. The summed E-state index contributed by atoms with van der Waals surface area (Å²) in [4.78, 5) is 1.42. The molecule has 0 spiro atoms. The first-order valence-electron chi connectivity index (χ1n) is 7.14. The fourth-order valence-corrected chi connectivity index (χ4v) is 3.33. The van der Waals surface area contributed by atoms with Gasteiger partial charge in [-0.15, -0.1) is 11.3 Å². The average molecular weight is 277 g/mol. The number of nitrogens with one attached hydrogen (secondary N) is 1. The number of hydrogen-bond donors (Lipinski definition) is 1. The molecule has 0 radical (unpaired) electrons. The highest BCUT2D eigenvalue weighted by atomic mass is 32.1. The summed E-state index contributed by atoms with van der Waals surface area (Å²) < 4.78 is 7.13. The van der Waals surface area contributed by atoms with Crippen LogP contribution in [0.4, 0.5) is 0 Å². The first-order chi connectivity index (χ1) is 9.36. The lowest BCUT2D eigenvalue weighted by Crippen LogP contribution is -2.14. The molecule has 1 aromatic heterocycles. The maximum absolute atomic E-state index is 5.76. The zero-order chi connectivity index (χ0) is 13.5. The van der Waals surface area contributed by atoms with Crippen molar-refractivity contribution < 1.29 is 4.74 Å². The zero-order valence-electron chi connectivity index (χ0n) is 11.9. The van der Waals surface area contributed by atoms with Crippen molar-refractivity contribution in [3.63, 3.8) is 0 Å². The van der Waals surface area contributed by atoms with Crippen LogP contribution in [0.2, 0.25) is 0 Å². The quantitative estimate of drug-likeness (QED) is 0.725. The number of rotatable bonds is 8. The molecule has 19 heavy (non-hydrogen) atoms. The van der Waals surface area contributed by atoms with Crippen LogP contribution in [0.3, 0.4) is 0 Å². The summed E-state index contributed by atoms with van der Waals surface area (Å²) in [6.07, 6.45) is 2.25. The first-order valence-corrected chi connectivity index (χ1v) is 7.96. The third-order valence-corrected chi connectivity index (χ3v) is 4.30. The number of benzene rings is 1. The standard InChI is InChI=1S/C16H23NOS/c1-3-9-17-11-16-14(12-18-10-4-2)13-7-5-6-8-15(13)19-16/h5-8,17H,3-4,9-12H2,1-2H3. The molecule has 0 unspecified atom stereocenters. The largest absolute Gasteiger partial charge is 0.377 e. The maximum Gasteiger partial charge on any atom is 0.0734 e. The van der Waals surface area contributed by atoms with Crippen LogP contribution in [-0.2, 0) is 17.9 Å². The molecule has 0 aliphatic rings. The number of thiophene rings is 1. The van der Waals surface area contributed by atoms with Crippen LogP contribution >= 0.6 is 11.3 Å². The van der Waals surface area contributed by atoms with Gasteiger partial charge < -0.3 is 10.1 Å². The molecule has 1 heterocycles. The van der Waals surface area contributed by atoms with Gasteiger partial charge >= 0.3 is 0 Å². The van der Waals surface area contributed by atoms with Crippen LogP contribution in [0.1, 0.15) is 37.1 Å². The molecule has 0 atom stereocenters. The molecule has 0 saturated heterocycles. The molecule has 2 nitrogen and oxygen atoms in total. The van der Waals surface area contributed by atoms with Gasteiger partial charge in [0.2, 0.25) is 0 Å². The van der Waals surface area contributed by atoms with Crippen molar-refractivity contribution in [2.45, 2.75) is 39.8 Å². The van der Waals surface area contributed by atoms with Gasteiger partial charge in [0, 0.05) is 28.3 Å². The fraction of sp³-hybridized carbons (Fsp3) is 0.500. The number of fused-ring (bicyclic) bond motifs is 1. The minimum Gasteiger partial charge on any atom is -0.377 e. The molecule has 0 aliphatic carbocycles. The Bertz CT molecular complexity index is 506. The second kappa shape index (κ2) is 7.63. The van der Waals surface area contributed by atoms with E-state index in [1.807, 2.05) is 11.3 Å². The van der Waals surface area contributed by atoms with Crippen LogP contribution < -0.4 is 5.32 Å². The van der Waals surface area contributed by atoms with Crippen molar-refractivity contribution in [3.05, 3.63) is 34.7 Å². The first kappa shape index (κ1) is 14.5. The van der Waals surface area contributed by atoms with E-state index in [0.29, 0.717) is 0 Å². The van der Waals surface area contributed by atoms with Gasteiger partial charge in [0.15, 0.2) is 0 Å². The molecule has 0 aliphatic heterocycles. The van der Waals surface area contributed by atoms with E-state index in [-0.39, 0.29) is 0 Å². The monoisotopic (exact) mass is 277 g/mol. The smallest absolute Gasteiger partial charge is 0.0734 e. The lowest BCUT2D eigenvalue weighted by molar-refractivity contribution is 0.122. The van der Waals surface area contributed by atoms with Gasteiger partial charge in [-0.2, -0.15) is 0 Å². The van der Waals surface area contributed by atoms with Gasteiger partial charge in [-0.05, 0) is 30.8 Å². The molecule has 2 aromatic rings. The molecule has 0 saturated carbocycles. The lowest BCUT2D eigenvalue weighted by atomic mass is 10.1. The minimum absolute atomic E-state index is 0.737. The molecule has 1 N–H and O–H groups in total. The molecule has 1 aromatic carbocycles. The number of hydrogen-bond acceptors (Lipinski definition) is 3. The Morgan fingerprint density at radius 2 is 2.00 bits per heavy atom. The molecule has 0 fully saturated rings. The second-order valence-electron chi connectivity index (χ2n) is 4.73. The van der Waals surface area contributed by atoms with Crippen LogP contribution in [0, 0.1) is 0 Å². The van der Waals surface area contributed by atoms with Gasteiger partial charge in [0.05, 0.1) is 6.61 Å². The molecule has 0 amide bonds. The topological polar surface area (TPSA) is 21.3 Å². The van der Waals surface area contributed by atoms with E-state index in [0.717, 1.165) is 32.7 Å². The Kier molecular flexibility index (Phi) is 5.83. The summed E-state index contributed by atoms with van der Waals surface area (Å²) in [7, 11) is 0. The average Bonchev–Trinajstić information content (AvgIpc) is 2.78. The Labute approximate surface area is 119 Å². The van der Waals surface area contributed by atoms with Gasteiger partial charge in [-0.25, -0.2) is 0 Å². The van der Waals surface area contributed by atoms with Gasteiger partial charge in [0.25, 0.3) is 0 Å². The third-order valence-electron chi connectivity index (χ3n) is 3.09. The summed E-state index contributed by atoms with van der Waals surface area (Å²) in [6.45, 7) is 7.95. The van der Waals surface area contributed by atoms with Gasteiger partial charge in [-0.3, -0.25) is 0 Å². The molecular formula is C16H23NOS. The highest BCUT2D eigenvalue weighted by Crippen LogP contribution is 2.31. The predicted octanol–water partition coefficient (Wildman–Crippen LogP) is 4.33. The van der Waals surface area contributed by atoms with Gasteiger partial charge in [-0.1, -0.05) is 32.0 Å². The summed E-state index contributed by atoms with van der Waals surface area (Å²) in [5.41, 5.74) is 1.37. The van der Waals surface area contributed by atoms with Crippen molar-refractivity contribution >= 4 is 21.4 Å². The van der Waals surface area contributed by atoms with Crippen LogP contribution in [0.15, 0.2) is 24.3 Å². The molecular weight excluding hydrogens is 254 g/mol. The summed E-state index contributed by atoms with van der Waals surface area (Å²) >= 11 is 1.89. The highest BCUT2D eigenvalue weighted by Gasteiger charge is 2.11. The van der Waals surface area contributed by atoms with E-state index in [1.165, 1.54) is 26.9 Å². The molecule has 104 valence electrons. The second-order valence-corrected chi connectivity index (χ2v) is 5.87. The van der Waals surface area contributed by atoms with Crippen molar-refractivity contribution in [2.24, 2.45) is 0 Å². The van der Waals surface area contributed by atoms with Crippen molar-refractivity contribution in [1.29, 1.82) is 0 Å². The van der Waals surface area contributed by atoms with E-state index in [4.69, 9.17) is 4.74 Å². The van der Waals surface area contributed by atoms with Crippen LogP contribution in [0.5, 0.6) is 0 Å². The Morgan fingerprint density at radius 3 is 2.79 bits per heavy atom. The van der Waals surface area contributed by atoms with Gasteiger partial charge in [0.1, 0.15) is 0 Å². The number of ether oxygens (including phenoxy) is 1. The highest BCUT2D eigenvalue weighted by molar-refractivity contribution is 7.19. The van der Waals surface area contributed by atoms with E-state index in [1.54, 1.807) is 0 Å². The molecule has 0 bridgehead atoms. The Hall–Kier alpha value is -0.900. The van der Waals surface area contributed by atoms with Crippen LogP contribution in [-0.4, -0.2) is 13.2 Å². The van der Waals surface area contributed by atoms with E-state index in [9.17, 15) is 0 Å². The molecule has 3 heteroatoms. The SMILES string of the molecule is CCCNCc1sc2ccccc2c1COCCC. The van der Waals surface area contributed by atoms with E-state index < -0.39 is 0 Å². The maximum atomic E-state index is 5.76. The van der Waals surface area contributed by atoms with E-state index >= 15 is 0 Å². The summed E-state index contributed by atoms with van der Waals surface area (Å²) in [5.74, 6) is 0. The minimum atomic E-state index is 0.737. The predicted molar refractivity (Wildman–Crippen MR) is 83.8 cm³/mol. The van der Waals surface area contributed by atoms with Crippen LogP contribution in [0.25, 0.3) is 10.1 Å². The Morgan fingerprint density at radius 1 is 1.16 bits per heavy atom. The summed E-state index contributed by atoms with van der Waals surface area (Å²) in [6, 6.07) is 8.63. The summed E-state index contributed by atoms with van der Waals surface area (Å²) in [5, 5.41) is 4.86. The fourth-order valence-electron chi connectivity index (χ4n) is 2.15. The Balaban J connectivity index is 2.18.